The zero-order chi connectivity index (χ0) is 33.2. The molecule has 0 aliphatic carbocycles. The van der Waals surface area contributed by atoms with E-state index in [2.05, 4.69) is 139 Å². The zero-order valence-electron chi connectivity index (χ0n) is 30.0. The molecule has 3 aliphatic heterocycles. The molecule has 7 heteroatoms. The molecule has 0 N–H and O–H groups in total. The van der Waals surface area contributed by atoms with Gasteiger partial charge < -0.3 is 29.1 Å². The average molecular weight is 639 g/mol. The Bertz CT molecular complexity index is 1480. The Morgan fingerprint density at radius 1 is 0.660 bits per heavy atom. The van der Waals surface area contributed by atoms with Gasteiger partial charge in [-0.25, -0.2) is 0 Å². The summed E-state index contributed by atoms with van der Waals surface area (Å²) in [6.07, 6.45) is 10.8. The predicted molar refractivity (Wildman–Crippen MR) is 198 cm³/mol. The largest absolute Gasteiger partial charge is 0.370 e. The number of rotatable bonds is 10. The lowest BCUT2D eigenvalue weighted by Gasteiger charge is -2.38. The Hall–Kier alpha value is -3.29. The van der Waals surface area contributed by atoms with E-state index in [1.54, 1.807) is 0 Å². The Kier molecular flexibility index (Phi) is 10.3. The topological polar surface area (TPSA) is 38.2 Å². The maximum Gasteiger partial charge on any atom is 0.230 e. The van der Waals surface area contributed by atoms with E-state index in [-0.39, 0.29) is 5.92 Å². The molecule has 1 aromatic heterocycles. The van der Waals surface area contributed by atoms with E-state index < -0.39 is 0 Å². The molecule has 4 heterocycles. The lowest BCUT2D eigenvalue weighted by Crippen LogP contribution is -2.42. The molecule has 47 heavy (non-hydrogen) atoms. The molecule has 2 unspecified atom stereocenters. The third-order valence-corrected chi connectivity index (χ3v) is 11.4. The first kappa shape index (κ1) is 33.6. The summed E-state index contributed by atoms with van der Waals surface area (Å²) in [4.78, 5) is 26.2. The van der Waals surface area contributed by atoms with Crippen LogP contribution < -0.4 is 14.7 Å². The van der Waals surface area contributed by atoms with Gasteiger partial charge in [0.05, 0.1) is 22.7 Å². The van der Waals surface area contributed by atoms with E-state index >= 15 is 0 Å². The van der Waals surface area contributed by atoms with Gasteiger partial charge in [0.1, 0.15) is 0 Å². The van der Waals surface area contributed by atoms with Gasteiger partial charge in [-0.05, 0) is 126 Å². The van der Waals surface area contributed by atoms with Crippen LogP contribution in [0.3, 0.4) is 0 Å². The van der Waals surface area contributed by atoms with Crippen molar-refractivity contribution in [2.45, 2.75) is 83.2 Å². The van der Waals surface area contributed by atoms with Crippen molar-refractivity contribution in [2.24, 2.45) is 5.92 Å². The molecule has 7 nitrogen and oxygen atoms in total. The first-order valence-corrected chi connectivity index (χ1v) is 18.2. The smallest absolute Gasteiger partial charge is 0.230 e. The molecule has 6 rings (SSSR count). The van der Waals surface area contributed by atoms with E-state index in [0.717, 1.165) is 64.1 Å². The fraction of sp³-hybridized carbons (Fsp3) is 0.575. The van der Waals surface area contributed by atoms with E-state index in [1.807, 2.05) is 0 Å². The molecule has 3 fully saturated rings. The number of amides is 1. The van der Waals surface area contributed by atoms with Crippen LogP contribution in [0.2, 0.25) is 0 Å². The molecule has 3 saturated heterocycles. The van der Waals surface area contributed by atoms with Gasteiger partial charge in [-0.3, -0.25) is 4.79 Å². The number of carbonyl (C=O) groups excluding carboxylic acids is 1. The van der Waals surface area contributed by atoms with Gasteiger partial charge in [0.25, 0.3) is 0 Å². The second-order valence-corrected chi connectivity index (χ2v) is 15.2. The maximum absolute atomic E-state index is 14.2. The molecule has 3 aliphatic rings. The highest BCUT2D eigenvalue weighted by molar-refractivity contribution is 6.00. The van der Waals surface area contributed by atoms with Crippen LogP contribution in [0.25, 0.3) is 5.69 Å². The number of piperidine rings is 2. The van der Waals surface area contributed by atoms with Crippen molar-refractivity contribution >= 4 is 23.0 Å². The van der Waals surface area contributed by atoms with Crippen LogP contribution in [-0.2, 0) is 4.79 Å². The fourth-order valence-corrected chi connectivity index (χ4v) is 8.21. The monoisotopic (exact) mass is 638 g/mol. The van der Waals surface area contributed by atoms with Gasteiger partial charge in [-0.15, -0.1) is 0 Å². The fourth-order valence-electron chi connectivity index (χ4n) is 8.21. The summed E-state index contributed by atoms with van der Waals surface area (Å²) in [6, 6.07) is 19.4. The normalized spacial score (nSPS) is 20.8. The van der Waals surface area contributed by atoms with Gasteiger partial charge in [0, 0.05) is 63.1 Å². The zero-order valence-corrected chi connectivity index (χ0v) is 30.0. The van der Waals surface area contributed by atoms with Gasteiger partial charge >= 0.3 is 0 Å². The SMILES string of the molecule is CC(C)c1ccc(N2CCC(N(C)C)CC2)c(N2CCC(CC(C)c3ccc(N4CCC(N(C)C)CC4)c(-n4cccc4)c3)C2=O)c1. The molecular weight excluding hydrogens is 580 g/mol. The highest BCUT2D eigenvalue weighted by atomic mass is 16.2. The van der Waals surface area contributed by atoms with Crippen molar-refractivity contribution in [3.05, 3.63) is 72.1 Å². The minimum absolute atomic E-state index is 0.0415. The summed E-state index contributed by atoms with van der Waals surface area (Å²) in [5.74, 6) is 1.05. The summed E-state index contributed by atoms with van der Waals surface area (Å²) < 4.78 is 2.26. The maximum atomic E-state index is 14.2. The van der Waals surface area contributed by atoms with Crippen molar-refractivity contribution < 1.29 is 4.79 Å². The van der Waals surface area contributed by atoms with Gasteiger partial charge in [0.15, 0.2) is 0 Å². The van der Waals surface area contributed by atoms with Crippen molar-refractivity contribution in [3.8, 4) is 5.69 Å². The Labute approximate surface area is 284 Å². The van der Waals surface area contributed by atoms with E-state index in [4.69, 9.17) is 0 Å². The minimum Gasteiger partial charge on any atom is -0.370 e. The molecular formula is C40H58N6O. The van der Waals surface area contributed by atoms with Crippen molar-refractivity contribution in [3.63, 3.8) is 0 Å². The Morgan fingerprint density at radius 3 is 1.70 bits per heavy atom. The highest BCUT2D eigenvalue weighted by Crippen LogP contribution is 2.40. The Morgan fingerprint density at radius 2 is 1.17 bits per heavy atom. The molecule has 254 valence electrons. The van der Waals surface area contributed by atoms with E-state index in [9.17, 15) is 4.79 Å². The van der Waals surface area contributed by atoms with E-state index in [1.165, 1.54) is 41.0 Å². The molecule has 0 spiro atoms. The van der Waals surface area contributed by atoms with Gasteiger partial charge in [-0.2, -0.15) is 0 Å². The van der Waals surface area contributed by atoms with Crippen LogP contribution in [0, 0.1) is 5.92 Å². The van der Waals surface area contributed by atoms with Crippen LogP contribution in [0.1, 0.15) is 82.3 Å². The minimum atomic E-state index is 0.0415. The summed E-state index contributed by atoms with van der Waals surface area (Å²) in [6.45, 7) is 11.8. The number of nitrogens with zero attached hydrogens (tertiary/aromatic N) is 6. The third-order valence-electron chi connectivity index (χ3n) is 11.4. The van der Waals surface area contributed by atoms with Crippen LogP contribution in [-0.4, -0.2) is 93.3 Å². The molecule has 1 amide bonds. The van der Waals surface area contributed by atoms with Crippen LogP contribution in [0.4, 0.5) is 17.1 Å². The van der Waals surface area contributed by atoms with Crippen molar-refractivity contribution in [1.29, 1.82) is 0 Å². The summed E-state index contributed by atoms with van der Waals surface area (Å²) >= 11 is 0. The second-order valence-electron chi connectivity index (χ2n) is 15.2. The standard InChI is InChI=1S/C40H58N6O/c1-29(2)31-10-12-37(45-23-17-35(18-24-45)42(6)7)39(27-31)46-25-14-33(40(46)47)26-30(3)32-11-13-36(38(28-32)43-19-8-9-20-43)44-21-15-34(16-22-44)41(4)5/h8-13,19-20,27-30,33-35H,14-18,21-26H2,1-7H3. The number of hydrogen-bond donors (Lipinski definition) is 0. The summed E-state index contributed by atoms with van der Waals surface area (Å²) in [5.41, 5.74) is 7.53. The number of anilines is 3. The molecule has 0 radical (unpaired) electrons. The number of hydrogen-bond acceptors (Lipinski definition) is 5. The average Bonchev–Trinajstić information content (AvgIpc) is 3.74. The van der Waals surface area contributed by atoms with E-state index in [0.29, 0.717) is 29.8 Å². The first-order valence-electron chi connectivity index (χ1n) is 18.2. The number of carbonyl (C=O) groups is 1. The number of aromatic nitrogens is 1. The van der Waals surface area contributed by atoms with Gasteiger partial charge in [-0.1, -0.05) is 32.9 Å². The molecule has 3 aromatic rings. The van der Waals surface area contributed by atoms with Crippen molar-refractivity contribution in [2.75, 3.05) is 75.6 Å². The first-order chi connectivity index (χ1) is 22.6. The predicted octanol–water partition coefficient (Wildman–Crippen LogP) is 7.21. The lowest BCUT2D eigenvalue weighted by molar-refractivity contribution is -0.120. The van der Waals surface area contributed by atoms with Crippen molar-refractivity contribution in [1.82, 2.24) is 14.4 Å². The van der Waals surface area contributed by atoms with Crippen LogP contribution in [0.15, 0.2) is 60.9 Å². The second kappa shape index (κ2) is 14.4. The third kappa shape index (κ3) is 7.26. The summed E-state index contributed by atoms with van der Waals surface area (Å²) in [7, 11) is 8.79. The number of benzene rings is 2. The molecule has 2 aromatic carbocycles. The van der Waals surface area contributed by atoms with Crippen LogP contribution >= 0.6 is 0 Å². The Balaban J connectivity index is 1.19. The van der Waals surface area contributed by atoms with Crippen LogP contribution in [0.5, 0.6) is 0 Å². The quantitative estimate of drug-likeness (QED) is 0.235. The molecule has 0 saturated carbocycles. The summed E-state index contributed by atoms with van der Waals surface area (Å²) in [5, 5.41) is 0. The molecule has 0 bridgehead atoms. The molecule has 2 atom stereocenters. The highest BCUT2D eigenvalue weighted by Gasteiger charge is 2.36. The van der Waals surface area contributed by atoms with Gasteiger partial charge in [0.2, 0.25) is 5.91 Å². The lowest BCUT2D eigenvalue weighted by atomic mass is 9.88.